The number of ether oxygens (including phenoxy) is 1. The summed E-state index contributed by atoms with van der Waals surface area (Å²) in [6.45, 7) is 7.26. The highest BCUT2D eigenvalue weighted by Crippen LogP contribution is 2.11. The second kappa shape index (κ2) is 13.7. The Kier molecular flexibility index (Phi) is 13.0. The Morgan fingerprint density at radius 1 is 1.15 bits per heavy atom. The first kappa shape index (κ1) is 25.6. The van der Waals surface area contributed by atoms with Crippen molar-refractivity contribution in [2.75, 3.05) is 58.3 Å². The van der Waals surface area contributed by atoms with Crippen LogP contribution in [-0.2, 0) is 9.53 Å². The van der Waals surface area contributed by atoms with E-state index in [1.165, 1.54) is 0 Å². The fourth-order valence-corrected chi connectivity index (χ4v) is 2.62. The Bertz CT molecular complexity index is 566. The van der Waals surface area contributed by atoms with Gasteiger partial charge < -0.3 is 20.7 Å². The molecule has 1 unspecified atom stereocenters. The van der Waals surface area contributed by atoms with Gasteiger partial charge in [-0.15, -0.1) is 24.8 Å². The van der Waals surface area contributed by atoms with E-state index in [9.17, 15) is 9.59 Å². The fraction of sp³-hybridized carbons (Fsp3) is 0.556. The molecule has 9 heteroatoms. The number of hydrogen-bond donors (Lipinski definition) is 3. The van der Waals surface area contributed by atoms with Crippen LogP contribution >= 0.6 is 24.8 Å². The number of carbonyl (C=O) groups is 2. The van der Waals surface area contributed by atoms with Gasteiger partial charge in [0.25, 0.3) is 5.91 Å². The molecule has 1 fully saturated rings. The van der Waals surface area contributed by atoms with Gasteiger partial charge in [-0.05, 0) is 31.3 Å². The van der Waals surface area contributed by atoms with Crippen molar-refractivity contribution in [2.24, 2.45) is 5.92 Å². The number of halogens is 2. The molecule has 3 N–H and O–H groups in total. The van der Waals surface area contributed by atoms with Crippen molar-refractivity contribution in [3.05, 3.63) is 29.8 Å². The topological polar surface area (TPSA) is 82.7 Å². The maximum atomic E-state index is 12.2. The minimum Gasteiger partial charge on any atom is -0.379 e. The highest BCUT2D eigenvalue weighted by Gasteiger charge is 2.13. The van der Waals surface area contributed by atoms with E-state index in [1.54, 1.807) is 24.3 Å². The summed E-state index contributed by atoms with van der Waals surface area (Å²) >= 11 is 0. The summed E-state index contributed by atoms with van der Waals surface area (Å²) in [5.74, 6) is -0.264. The van der Waals surface area contributed by atoms with Crippen molar-refractivity contribution in [3.8, 4) is 0 Å². The molecule has 1 saturated heterocycles. The molecular formula is C18H30Cl2N4O3. The molecule has 154 valence electrons. The van der Waals surface area contributed by atoms with E-state index in [4.69, 9.17) is 4.74 Å². The Hall–Kier alpha value is -1.38. The number of hydrogen-bond acceptors (Lipinski definition) is 5. The van der Waals surface area contributed by atoms with Crippen LogP contribution in [0.3, 0.4) is 0 Å². The average molecular weight is 421 g/mol. The molecule has 27 heavy (non-hydrogen) atoms. The van der Waals surface area contributed by atoms with Gasteiger partial charge in [0.15, 0.2) is 0 Å². The molecule has 0 bridgehead atoms. The van der Waals surface area contributed by atoms with E-state index < -0.39 is 0 Å². The number of nitrogens with one attached hydrogen (secondary N) is 3. The van der Waals surface area contributed by atoms with Crippen LogP contribution < -0.4 is 16.0 Å². The van der Waals surface area contributed by atoms with Gasteiger partial charge in [0.05, 0.1) is 13.2 Å². The van der Waals surface area contributed by atoms with Crippen LogP contribution in [0.2, 0.25) is 0 Å². The molecule has 1 aliphatic rings. The molecule has 1 aliphatic heterocycles. The summed E-state index contributed by atoms with van der Waals surface area (Å²) in [5, 5.41) is 8.75. The first-order valence-corrected chi connectivity index (χ1v) is 8.74. The first-order chi connectivity index (χ1) is 12.1. The van der Waals surface area contributed by atoms with Crippen LogP contribution in [0.15, 0.2) is 24.3 Å². The lowest BCUT2D eigenvalue weighted by Gasteiger charge is -2.26. The van der Waals surface area contributed by atoms with Crippen LogP contribution in [0.5, 0.6) is 0 Å². The van der Waals surface area contributed by atoms with Crippen molar-refractivity contribution in [3.63, 3.8) is 0 Å². The minimum atomic E-state index is -0.117. The zero-order chi connectivity index (χ0) is 18.1. The largest absolute Gasteiger partial charge is 0.379 e. The lowest BCUT2D eigenvalue weighted by atomic mass is 10.1. The van der Waals surface area contributed by atoms with Crippen LogP contribution in [0, 0.1) is 5.92 Å². The summed E-state index contributed by atoms with van der Waals surface area (Å²) in [4.78, 5) is 26.4. The highest BCUT2D eigenvalue weighted by atomic mass is 35.5. The van der Waals surface area contributed by atoms with Gasteiger partial charge in [-0.2, -0.15) is 0 Å². The maximum absolute atomic E-state index is 12.2. The number of rotatable bonds is 8. The molecule has 1 atom stereocenters. The maximum Gasteiger partial charge on any atom is 0.251 e. The van der Waals surface area contributed by atoms with Gasteiger partial charge in [0.2, 0.25) is 5.91 Å². The highest BCUT2D eigenvalue weighted by molar-refractivity contribution is 5.96. The number of benzene rings is 1. The third-order valence-corrected chi connectivity index (χ3v) is 4.19. The summed E-state index contributed by atoms with van der Waals surface area (Å²) < 4.78 is 5.30. The van der Waals surface area contributed by atoms with Crippen molar-refractivity contribution in [1.29, 1.82) is 0 Å². The van der Waals surface area contributed by atoms with Gasteiger partial charge in [-0.1, -0.05) is 6.92 Å². The molecule has 0 aromatic heterocycles. The quantitative estimate of drug-likeness (QED) is 0.591. The number of nitrogens with zero attached hydrogens (tertiary/aromatic N) is 1. The van der Waals surface area contributed by atoms with Crippen molar-refractivity contribution >= 4 is 42.3 Å². The fourth-order valence-electron chi connectivity index (χ4n) is 2.62. The number of morpholine rings is 1. The van der Waals surface area contributed by atoms with Crippen LogP contribution in [0.25, 0.3) is 0 Å². The summed E-state index contributed by atoms with van der Waals surface area (Å²) in [7, 11) is 1.82. The molecule has 1 aromatic rings. The van der Waals surface area contributed by atoms with Gasteiger partial charge in [0.1, 0.15) is 0 Å². The zero-order valence-electron chi connectivity index (χ0n) is 15.8. The number of anilines is 1. The average Bonchev–Trinajstić information content (AvgIpc) is 2.63. The third kappa shape index (κ3) is 8.90. The minimum absolute atomic E-state index is 0. The predicted molar refractivity (Wildman–Crippen MR) is 112 cm³/mol. The Balaban J connectivity index is 0.00000338. The number of carbonyl (C=O) groups excluding carboxylic acids is 2. The van der Waals surface area contributed by atoms with Crippen molar-refractivity contribution < 1.29 is 14.3 Å². The number of amides is 2. The van der Waals surface area contributed by atoms with Crippen LogP contribution in [-0.4, -0.2) is 69.7 Å². The molecule has 0 spiro atoms. The van der Waals surface area contributed by atoms with E-state index in [0.717, 1.165) is 32.8 Å². The van der Waals surface area contributed by atoms with Gasteiger partial charge in [0, 0.05) is 49.9 Å². The first-order valence-electron chi connectivity index (χ1n) is 8.74. The second-order valence-electron chi connectivity index (χ2n) is 6.24. The Morgan fingerprint density at radius 2 is 1.78 bits per heavy atom. The normalized spacial score (nSPS) is 15.0. The van der Waals surface area contributed by atoms with Gasteiger partial charge in [-0.25, -0.2) is 0 Å². The van der Waals surface area contributed by atoms with Crippen LogP contribution in [0.1, 0.15) is 17.3 Å². The summed E-state index contributed by atoms with van der Waals surface area (Å²) in [6.07, 6.45) is 0. The molecule has 1 aromatic carbocycles. The van der Waals surface area contributed by atoms with E-state index in [1.807, 2.05) is 14.0 Å². The standard InChI is InChI=1S/C18H28N4O3.2ClH/c1-14(13-19-2)17(23)21-16-5-3-15(4-6-16)18(24)20-7-8-22-9-11-25-12-10-22;;/h3-6,14,19H,7-13H2,1-2H3,(H,20,24)(H,21,23);2*1H. The molecule has 1 heterocycles. The predicted octanol–water partition coefficient (Wildman–Crippen LogP) is 1.39. The summed E-state index contributed by atoms with van der Waals surface area (Å²) in [6, 6.07) is 6.95. The molecule has 0 saturated carbocycles. The van der Waals surface area contributed by atoms with Gasteiger partial charge in [-0.3, -0.25) is 14.5 Å². The molecule has 0 radical (unpaired) electrons. The van der Waals surface area contributed by atoms with Crippen molar-refractivity contribution in [2.45, 2.75) is 6.92 Å². The van der Waals surface area contributed by atoms with E-state index >= 15 is 0 Å². The monoisotopic (exact) mass is 420 g/mol. The van der Waals surface area contributed by atoms with E-state index in [0.29, 0.717) is 24.3 Å². The molecule has 7 nitrogen and oxygen atoms in total. The molecular weight excluding hydrogens is 391 g/mol. The van der Waals surface area contributed by atoms with Gasteiger partial charge >= 0.3 is 0 Å². The third-order valence-electron chi connectivity index (χ3n) is 4.19. The van der Waals surface area contributed by atoms with Crippen LogP contribution in [0.4, 0.5) is 5.69 Å². The Morgan fingerprint density at radius 3 is 2.37 bits per heavy atom. The SMILES string of the molecule is CNCC(C)C(=O)Nc1ccc(C(=O)NCCN2CCOCC2)cc1.Cl.Cl. The van der Waals surface area contributed by atoms with Crippen molar-refractivity contribution in [1.82, 2.24) is 15.5 Å². The second-order valence-corrected chi connectivity index (χ2v) is 6.24. The van der Waals surface area contributed by atoms with E-state index in [2.05, 4.69) is 20.9 Å². The zero-order valence-corrected chi connectivity index (χ0v) is 17.5. The lowest BCUT2D eigenvalue weighted by molar-refractivity contribution is -0.119. The molecule has 2 amide bonds. The molecule has 0 aliphatic carbocycles. The lowest BCUT2D eigenvalue weighted by Crippen LogP contribution is -2.41. The smallest absolute Gasteiger partial charge is 0.251 e. The molecule has 2 rings (SSSR count). The van der Waals surface area contributed by atoms with E-state index in [-0.39, 0.29) is 42.5 Å². The Labute approximate surface area is 173 Å². The summed E-state index contributed by atoms with van der Waals surface area (Å²) in [5.41, 5.74) is 1.28.